The number of benzene rings is 1. The summed E-state index contributed by atoms with van der Waals surface area (Å²) in [6.07, 6.45) is 4.52. The van der Waals surface area contributed by atoms with Gasteiger partial charge in [0, 0.05) is 18.1 Å². The summed E-state index contributed by atoms with van der Waals surface area (Å²) in [5.41, 5.74) is 6.97. The molecule has 1 aromatic rings. The molecular weight excluding hydrogens is 215 g/mol. The fourth-order valence-electron chi connectivity index (χ4n) is 2.60. The van der Waals surface area contributed by atoms with Gasteiger partial charge in [0.25, 0.3) is 0 Å². The molecule has 94 valence electrons. The second-order valence-corrected chi connectivity index (χ2v) is 5.07. The first-order chi connectivity index (χ1) is 8.15. The highest BCUT2D eigenvalue weighted by Crippen LogP contribution is 2.21. The van der Waals surface area contributed by atoms with Gasteiger partial charge in [-0.2, -0.15) is 0 Å². The molecule has 3 atom stereocenters. The van der Waals surface area contributed by atoms with Crippen molar-refractivity contribution in [3.05, 3.63) is 35.6 Å². The van der Waals surface area contributed by atoms with Crippen molar-refractivity contribution in [1.82, 2.24) is 5.32 Å². The monoisotopic (exact) mass is 236 g/mol. The van der Waals surface area contributed by atoms with Crippen LogP contribution in [0.15, 0.2) is 24.3 Å². The van der Waals surface area contributed by atoms with Gasteiger partial charge in [0.2, 0.25) is 0 Å². The van der Waals surface area contributed by atoms with Gasteiger partial charge in [-0.1, -0.05) is 18.6 Å². The molecule has 0 aromatic heterocycles. The molecule has 1 fully saturated rings. The minimum Gasteiger partial charge on any atom is -0.328 e. The van der Waals surface area contributed by atoms with Crippen molar-refractivity contribution in [3.8, 4) is 0 Å². The first kappa shape index (κ1) is 12.5. The summed E-state index contributed by atoms with van der Waals surface area (Å²) in [6.45, 7) is 2.08. The van der Waals surface area contributed by atoms with Crippen molar-refractivity contribution in [1.29, 1.82) is 0 Å². The molecule has 0 radical (unpaired) electrons. The maximum atomic E-state index is 13.1. The van der Waals surface area contributed by atoms with Gasteiger partial charge < -0.3 is 11.1 Å². The Morgan fingerprint density at radius 3 is 2.94 bits per heavy atom. The van der Waals surface area contributed by atoms with Gasteiger partial charge in [-0.05, 0) is 43.9 Å². The first-order valence-corrected chi connectivity index (χ1v) is 6.42. The average molecular weight is 236 g/mol. The Kier molecular flexibility index (Phi) is 4.13. The average Bonchev–Trinajstić information content (AvgIpc) is 2.29. The van der Waals surface area contributed by atoms with Crippen LogP contribution >= 0.6 is 0 Å². The Bertz CT molecular complexity index is 367. The van der Waals surface area contributed by atoms with E-state index >= 15 is 0 Å². The summed E-state index contributed by atoms with van der Waals surface area (Å²) in [4.78, 5) is 0. The van der Waals surface area contributed by atoms with Gasteiger partial charge in [-0.25, -0.2) is 4.39 Å². The van der Waals surface area contributed by atoms with Gasteiger partial charge >= 0.3 is 0 Å². The van der Waals surface area contributed by atoms with E-state index in [9.17, 15) is 4.39 Å². The van der Waals surface area contributed by atoms with Crippen LogP contribution in [0.1, 0.15) is 44.2 Å². The highest BCUT2D eigenvalue weighted by Gasteiger charge is 2.20. The van der Waals surface area contributed by atoms with Crippen LogP contribution < -0.4 is 11.1 Å². The van der Waals surface area contributed by atoms with Gasteiger partial charge in [-0.3, -0.25) is 0 Å². The van der Waals surface area contributed by atoms with Crippen LogP contribution in [0.4, 0.5) is 4.39 Å². The Morgan fingerprint density at radius 1 is 1.41 bits per heavy atom. The van der Waals surface area contributed by atoms with Crippen LogP contribution in [0, 0.1) is 5.82 Å². The fraction of sp³-hybridized carbons (Fsp3) is 0.571. The number of nitrogens with two attached hydrogens (primary N) is 1. The molecule has 0 heterocycles. The zero-order chi connectivity index (χ0) is 12.3. The lowest BCUT2D eigenvalue weighted by molar-refractivity contribution is 0.318. The van der Waals surface area contributed by atoms with Crippen LogP contribution in [-0.4, -0.2) is 12.1 Å². The van der Waals surface area contributed by atoms with E-state index in [0.29, 0.717) is 12.1 Å². The van der Waals surface area contributed by atoms with Crippen LogP contribution in [-0.2, 0) is 0 Å². The minimum absolute atomic E-state index is 0.170. The maximum Gasteiger partial charge on any atom is 0.123 e. The second-order valence-electron chi connectivity index (χ2n) is 5.07. The Labute approximate surface area is 102 Å². The topological polar surface area (TPSA) is 38.0 Å². The predicted octanol–water partition coefficient (Wildman–Crippen LogP) is 2.75. The molecule has 1 saturated carbocycles. The van der Waals surface area contributed by atoms with Gasteiger partial charge in [-0.15, -0.1) is 0 Å². The van der Waals surface area contributed by atoms with Crippen LogP contribution in [0.5, 0.6) is 0 Å². The Morgan fingerprint density at radius 2 is 2.24 bits per heavy atom. The van der Waals surface area contributed by atoms with Crippen molar-refractivity contribution < 1.29 is 4.39 Å². The summed E-state index contributed by atoms with van der Waals surface area (Å²) in [5, 5.41) is 3.55. The molecule has 0 spiro atoms. The molecule has 0 bridgehead atoms. The standard InChI is InChI=1S/C14H21FN2/c1-10(11-4-2-5-12(15)8-11)17-14-7-3-6-13(16)9-14/h2,4-5,8,10,13-14,17H,3,6-7,9,16H2,1H3/t10-,13?,14?/m1/s1. The van der Waals surface area contributed by atoms with Gasteiger partial charge in [0.1, 0.15) is 5.82 Å². The number of halogens is 1. The van der Waals surface area contributed by atoms with Crippen molar-refractivity contribution in [2.45, 2.75) is 50.7 Å². The van der Waals surface area contributed by atoms with Gasteiger partial charge in [0.15, 0.2) is 0 Å². The molecule has 2 unspecified atom stereocenters. The molecule has 17 heavy (non-hydrogen) atoms. The molecular formula is C14H21FN2. The lowest BCUT2D eigenvalue weighted by atomic mass is 9.91. The number of rotatable bonds is 3. The molecule has 1 aliphatic rings. The summed E-state index contributed by atoms with van der Waals surface area (Å²) in [6, 6.07) is 7.77. The van der Waals surface area contributed by atoms with E-state index in [2.05, 4.69) is 12.2 Å². The largest absolute Gasteiger partial charge is 0.328 e. The van der Waals surface area contributed by atoms with Crippen molar-refractivity contribution >= 4 is 0 Å². The molecule has 1 aromatic carbocycles. The Hall–Kier alpha value is -0.930. The molecule has 3 N–H and O–H groups in total. The smallest absolute Gasteiger partial charge is 0.123 e. The fourth-order valence-corrected chi connectivity index (χ4v) is 2.60. The molecule has 0 saturated heterocycles. The predicted molar refractivity (Wildman–Crippen MR) is 68.2 cm³/mol. The number of nitrogens with one attached hydrogen (secondary N) is 1. The van der Waals surface area contributed by atoms with E-state index < -0.39 is 0 Å². The third-order valence-corrected chi connectivity index (χ3v) is 3.55. The molecule has 2 rings (SSSR count). The zero-order valence-electron chi connectivity index (χ0n) is 10.3. The van der Waals surface area contributed by atoms with Crippen LogP contribution in [0.3, 0.4) is 0 Å². The lowest BCUT2D eigenvalue weighted by Crippen LogP contribution is -2.40. The maximum absolute atomic E-state index is 13.1. The van der Waals surface area contributed by atoms with E-state index in [1.165, 1.54) is 18.9 Å². The van der Waals surface area contributed by atoms with E-state index in [1.807, 2.05) is 6.07 Å². The van der Waals surface area contributed by atoms with E-state index in [1.54, 1.807) is 12.1 Å². The molecule has 0 amide bonds. The Balaban J connectivity index is 1.94. The molecule has 3 heteroatoms. The number of hydrogen-bond donors (Lipinski definition) is 2. The SMILES string of the molecule is C[C@@H](NC1CCCC(N)C1)c1cccc(F)c1. The lowest BCUT2D eigenvalue weighted by Gasteiger charge is -2.30. The van der Waals surface area contributed by atoms with Crippen LogP contribution in [0.25, 0.3) is 0 Å². The molecule has 2 nitrogen and oxygen atoms in total. The summed E-state index contributed by atoms with van der Waals surface area (Å²) < 4.78 is 13.1. The van der Waals surface area contributed by atoms with Crippen LogP contribution in [0.2, 0.25) is 0 Å². The third-order valence-electron chi connectivity index (χ3n) is 3.55. The molecule has 1 aliphatic carbocycles. The second kappa shape index (κ2) is 5.61. The quantitative estimate of drug-likeness (QED) is 0.847. The summed E-state index contributed by atoms with van der Waals surface area (Å²) >= 11 is 0. The van der Waals surface area contributed by atoms with Crippen molar-refractivity contribution in [3.63, 3.8) is 0 Å². The van der Waals surface area contributed by atoms with Crippen molar-refractivity contribution in [2.75, 3.05) is 0 Å². The van der Waals surface area contributed by atoms with Gasteiger partial charge in [0.05, 0.1) is 0 Å². The molecule has 0 aliphatic heterocycles. The highest BCUT2D eigenvalue weighted by molar-refractivity contribution is 5.19. The normalized spacial score (nSPS) is 26.8. The van der Waals surface area contributed by atoms with E-state index in [-0.39, 0.29) is 11.9 Å². The van der Waals surface area contributed by atoms with E-state index in [4.69, 9.17) is 5.73 Å². The summed E-state index contributed by atoms with van der Waals surface area (Å²) in [5.74, 6) is -0.170. The summed E-state index contributed by atoms with van der Waals surface area (Å²) in [7, 11) is 0. The highest BCUT2D eigenvalue weighted by atomic mass is 19.1. The third kappa shape index (κ3) is 3.51. The number of hydrogen-bond acceptors (Lipinski definition) is 2. The zero-order valence-corrected chi connectivity index (χ0v) is 10.3. The van der Waals surface area contributed by atoms with E-state index in [0.717, 1.165) is 18.4 Å². The van der Waals surface area contributed by atoms with Crippen molar-refractivity contribution in [2.24, 2.45) is 5.73 Å². The minimum atomic E-state index is -0.170. The first-order valence-electron chi connectivity index (χ1n) is 6.42.